The Morgan fingerprint density at radius 3 is 2.31 bits per heavy atom. The second kappa shape index (κ2) is 6.23. The molecule has 2 heteroatoms. The van der Waals surface area contributed by atoms with Crippen molar-refractivity contribution in [3.63, 3.8) is 0 Å². The topological polar surface area (TPSA) is 17.1 Å². The molecular formula is C14H16OS. The zero-order chi connectivity index (χ0) is 12.0. The molecule has 2 rings (SSSR count). The second-order valence-corrected chi connectivity index (χ2v) is 4.07. The Morgan fingerprint density at radius 2 is 1.75 bits per heavy atom. The first-order valence-electron chi connectivity index (χ1n) is 5.43. The predicted octanol–water partition coefficient (Wildman–Crippen LogP) is 4.31. The van der Waals surface area contributed by atoms with Crippen LogP contribution in [0.25, 0.3) is 0 Å². The highest BCUT2D eigenvalue weighted by molar-refractivity contribution is 7.12. The summed E-state index contributed by atoms with van der Waals surface area (Å²) < 4.78 is 0. The monoisotopic (exact) mass is 232 g/mol. The fourth-order valence-electron chi connectivity index (χ4n) is 1.37. The molecule has 0 bridgehead atoms. The quantitative estimate of drug-likeness (QED) is 0.705. The average Bonchev–Trinajstić information content (AvgIpc) is 2.85. The van der Waals surface area contributed by atoms with E-state index in [9.17, 15) is 4.79 Å². The molecule has 0 radical (unpaired) electrons. The Hall–Kier alpha value is -1.41. The van der Waals surface area contributed by atoms with Gasteiger partial charge >= 0.3 is 0 Å². The first-order chi connectivity index (χ1) is 7.79. The van der Waals surface area contributed by atoms with Crippen LogP contribution in [-0.2, 0) is 0 Å². The summed E-state index contributed by atoms with van der Waals surface area (Å²) in [6, 6.07) is 11.4. The molecule has 84 valence electrons. The minimum absolute atomic E-state index is 0.123. The van der Waals surface area contributed by atoms with Crippen molar-refractivity contribution in [3.8, 4) is 0 Å². The molecule has 0 saturated heterocycles. The van der Waals surface area contributed by atoms with Gasteiger partial charge < -0.3 is 0 Å². The number of benzene rings is 1. The molecule has 0 atom stereocenters. The van der Waals surface area contributed by atoms with Gasteiger partial charge in [0.05, 0.1) is 4.88 Å². The number of hydrogen-bond acceptors (Lipinski definition) is 2. The lowest BCUT2D eigenvalue weighted by atomic mass is 10.0. The SMILES string of the molecule is CC.Cc1ccccc1C(=O)c1cccs1. The van der Waals surface area contributed by atoms with Gasteiger partial charge in [0.2, 0.25) is 5.78 Å². The fourth-order valence-corrected chi connectivity index (χ4v) is 2.05. The maximum Gasteiger partial charge on any atom is 0.203 e. The van der Waals surface area contributed by atoms with Gasteiger partial charge in [-0.2, -0.15) is 0 Å². The molecule has 1 aromatic heterocycles. The molecule has 0 spiro atoms. The highest BCUT2D eigenvalue weighted by Gasteiger charge is 2.11. The Balaban J connectivity index is 0.000000606. The van der Waals surface area contributed by atoms with Crippen molar-refractivity contribution >= 4 is 17.1 Å². The Kier molecular flexibility index (Phi) is 4.93. The summed E-state index contributed by atoms with van der Waals surface area (Å²) in [5, 5.41) is 1.92. The van der Waals surface area contributed by atoms with Crippen LogP contribution in [0.15, 0.2) is 41.8 Å². The van der Waals surface area contributed by atoms with E-state index >= 15 is 0 Å². The Bertz CT molecular complexity index is 444. The van der Waals surface area contributed by atoms with E-state index in [1.54, 1.807) is 0 Å². The van der Waals surface area contributed by atoms with E-state index in [2.05, 4.69) is 0 Å². The summed E-state index contributed by atoms with van der Waals surface area (Å²) in [6.45, 7) is 5.96. The minimum atomic E-state index is 0.123. The minimum Gasteiger partial charge on any atom is -0.288 e. The third-order valence-electron chi connectivity index (χ3n) is 2.13. The standard InChI is InChI=1S/C12H10OS.C2H6/c1-9-5-2-3-6-10(9)12(13)11-7-4-8-14-11;1-2/h2-8H,1H3;1-2H3. The van der Waals surface area contributed by atoms with Gasteiger partial charge in [0.15, 0.2) is 0 Å². The van der Waals surface area contributed by atoms with E-state index in [0.717, 1.165) is 16.0 Å². The molecule has 2 aromatic rings. The maximum atomic E-state index is 11.9. The summed E-state index contributed by atoms with van der Waals surface area (Å²) in [5.74, 6) is 0.123. The zero-order valence-electron chi connectivity index (χ0n) is 9.86. The van der Waals surface area contributed by atoms with Gasteiger partial charge in [-0.1, -0.05) is 44.2 Å². The van der Waals surface area contributed by atoms with Crippen molar-refractivity contribution < 1.29 is 4.79 Å². The molecular weight excluding hydrogens is 216 g/mol. The first kappa shape index (κ1) is 12.7. The van der Waals surface area contributed by atoms with Crippen LogP contribution in [0.4, 0.5) is 0 Å². The lowest BCUT2D eigenvalue weighted by molar-refractivity contribution is 0.104. The van der Waals surface area contributed by atoms with E-state index < -0.39 is 0 Å². The van der Waals surface area contributed by atoms with Crippen molar-refractivity contribution in [1.29, 1.82) is 0 Å². The molecule has 0 N–H and O–H groups in total. The van der Waals surface area contributed by atoms with Gasteiger partial charge in [-0.15, -0.1) is 11.3 Å². The number of carbonyl (C=O) groups is 1. The summed E-state index contributed by atoms with van der Waals surface area (Å²) in [7, 11) is 0. The summed E-state index contributed by atoms with van der Waals surface area (Å²) in [6.07, 6.45) is 0. The van der Waals surface area contributed by atoms with Crippen molar-refractivity contribution in [1.82, 2.24) is 0 Å². The van der Waals surface area contributed by atoms with Crippen LogP contribution in [-0.4, -0.2) is 5.78 Å². The van der Waals surface area contributed by atoms with Gasteiger partial charge in [0.25, 0.3) is 0 Å². The van der Waals surface area contributed by atoms with Crippen LogP contribution in [0.5, 0.6) is 0 Å². The Morgan fingerprint density at radius 1 is 1.06 bits per heavy atom. The number of thiophene rings is 1. The molecule has 0 unspecified atom stereocenters. The predicted molar refractivity (Wildman–Crippen MR) is 70.3 cm³/mol. The number of carbonyl (C=O) groups excluding carboxylic acids is 1. The van der Waals surface area contributed by atoms with E-state index in [1.165, 1.54) is 11.3 Å². The third kappa shape index (κ3) is 2.80. The van der Waals surface area contributed by atoms with Crippen LogP contribution in [0, 0.1) is 6.92 Å². The van der Waals surface area contributed by atoms with Gasteiger partial charge in [-0.05, 0) is 23.9 Å². The van der Waals surface area contributed by atoms with Crippen molar-refractivity contribution in [2.45, 2.75) is 20.8 Å². The number of aryl methyl sites for hydroxylation is 1. The molecule has 0 aliphatic heterocycles. The average molecular weight is 232 g/mol. The molecule has 16 heavy (non-hydrogen) atoms. The molecule has 0 amide bonds. The number of rotatable bonds is 2. The van der Waals surface area contributed by atoms with Gasteiger partial charge in [-0.25, -0.2) is 0 Å². The molecule has 1 nitrogen and oxygen atoms in total. The molecule has 0 aliphatic carbocycles. The lowest BCUT2D eigenvalue weighted by Crippen LogP contribution is -2.00. The van der Waals surface area contributed by atoms with Crippen molar-refractivity contribution in [2.75, 3.05) is 0 Å². The highest BCUT2D eigenvalue weighted by Crippen LogP contribution is 2.17. The third-order valence-corrected chi connectivity index (χ3v) is 3.00. The van der Waals surface area contributed by atoms with E-state index in [-0.39, 0.29) is 5.78 Å². The van der Waals surface area contributed by atoms with Crippen molar-refractivity contribution in [3.05, 3.63) is 57.8 Å². The van der Waals surface area contributed by atoms with E-state index in [0.29, 0.717) is 0 Å². The molecule has 0 saturated carbocycles. The zero-order valence-corrected chi connectivity index (χ0v) is 10.7. The molecule has 0 fully saturated rings. The van der Waals surface area contributed by atoms with Crippen LogP contribution in [0.3, 0.4) is 0 Å². The van der Waals surface area contributed by atoms with Crippen LogP contribution in [0.2, 0.25) is 0 Å². The molecule has 1 heterocycles. The summed E-state index contributed by atoms with van der Waals surface area (Å²) >= 11 is 1.49. The first-order valence-corrected chi connectivity index (χ1v) is 6.31. The molecule has 1 aromatic carbocycles. The number of ketones is 1. The maximum absolute atomic E-state index is 11.9. The van der Waals surface area contributed by atoms with E-state index in [4.69, 9.17) is 0 Å². The second-order valence-electron chi connectivity index (χ2n) is 3.12. The lowest BCUT2D eigenvalue weighted by Gasteiger charge is -2.01. The Labute approximate surface area is 101 Å². The summed E-state index contributed by atoms with van der Waals surface area (Å²) in [5.41, 5.74) is 1.83. The smallest absolute Gasteiger partial charge is 0.203 e. The highest BCUT2D eigenvalue weighted by atomic mass is 32.1. The van der Waals surface area contributed by atoms with Crippen LogP contribution >= 0.6 is 11.3 Å². The fraction of sp³-hybridized carbons (Fsp3) is 0.214. The normalized spacial score (nSPS) is 9.19. The summed E-state index contributed by atoms with van der Waals surface area (Å²) in [4.78, 5) is 12.7. The number of hydrogen-bond donors (Lipinski definition) is 0. The van der Waals surface area contributed by atoms with Gasteiger partial charge in [0.1, 0.15) is 0 Å². The van der Waals surface area contributed by atoms with Crippen LogP contribution in [0.1, 0.15) is 34.6 Å². The van der Waals surface area contributed by atoms with Crippen molar-refractivity contribution in [2.24, 2.45) is 0 Å². The van der Waals surface area contributed by atoms with E-state index in [1.807, 2.05) is 62.5 Å². The van der Waals surface area contributed by atoms with Crippen LogP contribution < -0.4 is 0 Å². The largest absolute Gasteiger partial charge is 0.288 e. The molecule has 0 aliphatic rings. The van der Waals surface area contributed by atoms with Gasteiger partial charge in [0, 0.05) is 5.56 Å². The van der Waals surface area contributed by atoms with Gasteiger partial charge in [-0.3, -0.25) is 4.79 Å².